The Hall–Kier alpha value is -1.56. The first kappa shape index (κ1) is 13.5. The molecule has 0 aliphatic heterocycles. The first-order chi connectivity index (χ1) is 8.08. The van der Waals surface area contributed by atoms with Gasteiger partial charge in [-0.25, -0.2) is 0 Å². The van der Waals surface area contributed by atoms with Crippen LogP contribution in [0.15, 0.2) is 10.6 Å². The van der Waals surface area contributed by atoms with E-state index in [1.165, 1.54) is 0 Å². The molecule has 0 fully saturated rings. The molecule has 0 unspecified atom stereocenters. The van der Waals surface area contributed by atoms with E-state index >= 15 is 0 Å². The van der Waals surface area contributed by atoms with Gasteiger partial charge in [-0.3, -0.25) is 9.59 Å². The number of hydrogen-bond donors (Lipinski definition) is 2. The van der Waals surface area contributed by atoms with Crippen LogP contribution in [0.3, 0.4) is 0 Å². The predicted octanol–water partition coefficient (Wildman–Crippen LogP) is 1.24. The number of carboxylic acids is 1. The number of carbonyl (C=O) groups excluding carboxylic acids is 1. The molecular weight excluding hydrogens is 248 g/mol. The number of aliphatic carboxylic acids is 1. The van der Waals surface area contributed by atoms with Crippen molar-refractivity contribution < 1.29 is 19.2 Å². The molecule has 0 radical (unpaired) electrons. The van der Waals surface area contributed by atoms with Gasteiger partial charge in [0.2, 0.25) is 5.91 Å². The van der Waals surface area contributed by atoms with Gasteiger partial charge in [-0.15, -0.1) is 0 Å². The molecule has 1 aromatic heterocycles. The van der Waals surface area contributed by atoms with E-state index in [1.807, 2.05) is 0 Å². The number of nitrogens with one attached hydrogen (secondary N) is 1. The molecule has 2 N–H and O–H groups in total. The van der Waals surface area contributed by atoms with Gasteiger partial charge in [-0.05, 0) is 6.42 Å². The highest BCUT2D eigenvalue weighted by Gasteiger charge is 2.05. The number of carbonyl (C=O) groups is 2. The highest BCUT2D eigenvalue weighted by atomic mass is 35.5. The second-order valence-electron chi connectivity index (χ2n) is 3.46. The van der Waals surface area contributed by atoms with E-state index in [1.54, 1.807) is 6.07 Å². The Morgan fingerprint density at radius 1 is 1.47 bits per heavy atom. The summed E-state index contributed by atoms with van der Waals surface area (Å²) >= 11 is 5.55. The fourth-order valence-corrected chi connectivity index (χ4v) is 1.38. The highest BCUT2D eigenvalue weighted by Crippen LogP contribution is 2.08. The maximum atomic E-state index is 11.2. The van der Waals surface area contributed by atoms with E-state index in [4.69, 9.17) is 21.2 Å². The van der Waals surface area contributed by atoms with Crippen molar-refractivity contribution in [3.05, 3.63) is 17.0 Å². The molecule has 1 amide bonds. The van der Waals surface area contributed by atoms with Gasteiger partial charge in [0.05, 0.1) is 0 Å². The molecule has 0 spiro atoms. The molecule has 0 atom stereocenters. The zero-order valence-electron chi connectivity index (χ0n) is 9.11. The summed E-state index contributed by atoms with van der Waals surface area (Å²) in [7, 11) is 0. The largest absolute Gasteiger partial charge is 0.481 e. The predicted molar refractivity (Wildman–Crippen MR) is 59.7 cm³/mol. The van der Waals surface area contributed by atoms with Crippen molar-refractivity contribution in [1.82, 2.24) is 10.5 Å². The fraction of sp³-hybridized carbons (Fsp3) is 0.500. The molecule has 6 nitrogen and oxygen atoms in total. The lowest BCUT2D eigenvalue weighted by molar-refractivity contribution is -0.137. The van der Waals surface area contributed by atoms with E-state index in [2.05, 4.69) is 10.5 Å². The van der Waals surface area contributed by atoms with Crippen LogP contribution in [-0.4, -0.2) is 28.7 Å². The SMILES string of the molecule is O=C(O)CCCC(=O)NCCc1cc(Cl)no1. The van der Waals surface area contributed by atoms with Gasteiger partial charge in [0.25, 0.3) is 0 Å². The summed E-state index contributed by atoms with van der Waals surface area (Å²) in [5.74, 6) is -0.466. The van der Waals surface area contributed by atoms with Gasteiger partial charge in [-0.2, -0.15) is 0 Å². The number of aromatic nitrogens is 1. The Balaban J connectivity index is 2.10. The van der Waals surface area contributed by atoms with Crippen LogP contribution in [0, 0.1) is 0 Å². The van der Waals surface area contributed by atoms with E-state index in [0.29, 0.717) is 25.1 Å². The number of amides is 1. The monoisotopic (exact) mass is 260 g/mol. The van der Waals surface area contributed by atoms with Gasteiger partial charge in [-0.1, -0.05) is 16.8 Å². The van der Waals surface area contributed by atoms with E-state index in [9.17, 15) is 9.59 Å². The first-order valence-corrected chi connectivity index (χ1v) is 5.55. The van der Waals surface area contributed by atoms with E-state index in [0.717, 1.165) is 0 Å². The van der Waals surface area contributed by atoms with Crippen LogP contribution in [0.2, 0.25) is 5.15 Å². The lowest BCUT2D eigenvalue weighted by atomic mass is 10.2. The molecule has 0 aromatic carbocycles. The fourth-order valence-electron chi connectivity index (χ4n) is 1.22. The lowest BCUT2D eigenvalue weighted by Crippen LogP contribution is -2.25. The van der Waals surface area contributed by atoms with Gasteiger partial charge in [0.1, 0.15) is 5.76 Å². The van der Waals surface area contributed by atoms with Crippen LogP contribution in [0.4, 0.5) is 0 Å². The average molecular weight is 261 g/mol. The summed E-state index contributed by atoms with van der Waals surface area (Å²) in [6, 6.07) is 1.58. The number of halogens is 1. The molecule has 0 saturated carbocycles. The third-order valence-electron chi connectivity index (χ3n) is 2.02. The summed E-state index contributed by atoms with van der Waals surface area (Å²) in [4.78, 5) is 21.5. The number of hydrogen-bond acceptors (Lipinski definition) is 4. The molecule has 0 aliphatic rings. The standard InChI is InChI=1S/C10H13ClN2O4/c11-8-6-7(17-13-8)4-5-12-9(14)2-1-3-10(15)16/h6H,1-5H2,(H,12,14)(H,15,16). The quantitative estimate of drug-likeness (QED) is 0.769. The van der Waals surface area contributed by atoms with Gasteiger partial charge in [0.15, 0.2) is 5.15 Å². The third kappa shape index (κ3) is 5.91. The molecule has 1 aromatic rings. The molecule has 0 aliphatic carbocycles. The average Bonchev–Trinajstić information content (AvgIpc) is 2.63. The van der Waals surface area contributed by atoms with Crippen LogP contribution in [-0.2, 0) is 16.0 Å². The molecule has 17 heavy (non-hydrogen) atoms. The maximum absolute atomic E-state index is 11.2. The highest BCUT2D eigenvalue weighted by molar-refractivity contribution is 6.29. The minimum absolute atomic E-state index is 0.00509. The molecule has 94 valence electrons. The van der Waals surface area contributed by atoms with Crippen molar-refractivity contribution in [2.24, 2.45) is 0 Å². The van der Waals surface area contributed by atoms with E-state index < -0.39 is 5.97 Å². The van der Waals surface area contributed by atoms with Crippen LogP contribution in [0.5, 0.6) is 0 Å². The van der Waals surface area contributed by atoms with Gasteiger partial charge >= 0.3 is 5.97 Å². The van der Waals surface area contributed by atoms with Crippen molar-refractivity contribution in [3.8, 4) is 0 Å². The molecule has 1 heterocycles. The number of nitrogens with zero attached hydrogens (tertiary/aromatic N) is 1. The van der Waals surface area contributed by atoms with Crippen LogP contribution >= 0.6 is 11.6 Å². The number of rotatable bonds is 7. The second-order valence-corrected chi connectivity index (χ2v) is 3.85. The molecule has 0 bridgehead atoms. The number of carboxylic acid groups (broad SMARTS) is 1. The van der Waals surface area contributed by atoms with Gasteiger partial charge in [0, 0.05) is 31.9 Å². The van der Waals surface area contributed by atoms with E-state index in [-0.39, 0.29) is 23.9 Å². The zero-order chi connectivity index (χ0) is 12.7. The van der Waals surface area contributed by atoms with Crippen molar-refractivity contribution in [1.29, 1.82) is 0 Å². The zero-order valence-corrected chi connectivity index (χ0v) is 9.87. The normalized spacial score (nSPS) is 10.2. The Morgan fingerprint density at radius 3 is 2.82 bits per heavy atom. The second kappa shape index (κ2) is 6.90. The van der Waals surface area contributed by atoms with Crippen molar-refractivity contribution in [3.63, 3.8) is 0 Å². The minimum Gasteiger partial charge on any atom is -0.481 e. The third-order valence-corrected chi connectivity index (χ3v) is 2.20. The maximum Gasteiger partial charge on any atom is 0.303 e. The Labute approximate surface area is 103 Å². The summed E-state index contributed by atoms with van der Waals surface area (Å²) in [6.07, 6.45) is 1.06. The Bertz CT molecular complexity index is 391. The smallest absolute Gasteiger partial charge is 0.303 e. The van der Waals surface area contributed by atoms with Crippen molar-refractivity contribution in [2.75, 3.05) is 6.54 Å². The summed E-state index contributed by atoms with van der Waals surface area (Å²) < 4.78 is 4.85. The molecular formula is C10H13ClN2O4. The lowest BCUT2D eigenvalue weighted by Gasteiger charge is -2.02. The molecule has 7 heteroatoms. The first-order valence-electron chi connectivity index (χ1n) is 5.17. The summed E-state index contributed by atoms with van der Waals surface area (Å²) in [5, 5.41) is 14.8. The van der Waals surface area contributed by atoms with Crippen LogP contribution < -0.4 is 5.32 Å². The van der Waals surface area contributed by atoms with Crippen molar-refractivity contribution >= 4 is 23.5 Å². The Morgan fingerprint density at radius 2 is 2.24 bits per heavy atom. The molecule has 0 saturated heterocycles. The Kier molecular flexibility index (Phi) is 5.48. The topological polar surface area (TPSA) is 92.4 Å². The summed E-state index contributed by atoms with van der Waals surface area (Å²) in [6.45, 7) is 0.414. The summed E-state index contributed by atoms with van der Waals surface area (Å²) in [5.41, 5.74) is 0. The van der Waals surface area contributed by atoms with Crippen LogP contribution in [0.25, 0.3) is 0 Å². The molecule has 1 rings (SSSR count). The van der Waals surface area contributed by atoms with Crippen LogP contribution in [0.1, 0.15) is 25.0 Å². The van der Waals surface area contributed by atoms with Gasteiger partial charge < -0.3 is 14.9 Å². The van der Waals surface area contributed by atoms with Crippen molar-refractivity contribution in [2.45, 2.75) is 25.7 Å². The minimum atomic E-state index is -0.894.